The summed E-state index contributed by atoms with van der Waals surface area (Å²) in [5.41, 5.74) is 2.69. The summed E-state index contributed by atoms with van der Waals surface area (Å²) in [6.07, 6.45) is 5.22. The first-order valence-corrected chi connectivity index (χ1v) is 10.4. The van der Waals surface area contributed by atoms with Crippen LogP contribution in [0.2, 0.25) is 5.15 Å². The highest BCUT2D eigenvalue weighted by molar-refractivity contribution is 6.31. The maximum absolute atomic E-state index is 12.7. The van der Waals surface area contributed by atoms with E-state index in [2.05, 4.69) is 28.9 Å². The van der Waals surface area contributed by atoms with Crippen molar-refractivity contribution in [1.29, 1.82) is 0 Å². The van der Waals surface area contributed by atoms with E-state index < -0.39 is 0 Å². The Hall–Kier alpha value is -2.83. The average Bonchev–Trinajstić information content (AvgIpc) is 3.12. The van der Waals surface area contributed by atoms with Crippen molar-refractivity contribution < 1.29 is 9.53 Å². The summed E-state index contributed by atoms with van der Waals surface area (Å²) >= 11 is 6.25. The fourth-order valence-corrected chi connectivity index (χ4v) is 4.07. The topological polar surface area (TPSA) is 50.1 Å². The number of halogens is 1. The number of pyridine rings is 1. The normalized spacial score (nSPS) is 16.3. The van der Waals surface area contributed by atoms with Crippen LogP contribution in [0.4, 0.5) is 0 Å². The summed E-state index contributed by atoms with van der Waals surface area (Å²) < 4.78 is 7.21. The van der Waals surface area contributed by atoms with Crippen molar-refractivity contribution >= 4 is 29.2 Å². The van der Waals surface area contributed by atoms with E-state index in [0.29, 0.717) is 23.9 Å². The van der Waals surface area contributed by atoms with Crippen LogP contribution in [-0.4, -0.2) is 58.4 Å². The van der Waals surface area contributed by atoms with Crippen molar-refractivity contribution in [3.63, 3.8) is 0 Å². The van der Waals surface area contributed by atoms with E-state index in [-0.39, 0.29) is 11.9 Å². The number of fused-ring (bicyclic) bond motifs is 1. The van der Waals surface area contributed by atoms with Crippen LogP contribution in [-0.2, 0) is 4.79 Å². The minimum Gasteiger partial charge on any atom is -0.497 e. The quantitative estimate of drug-likeness (QED) is 0.582. The molecule has 156 valence electrons. The predicted octanol–water partition coefficient (Wildman–Crippen LogP) is 3.91. The molecule has 30 heavy (non-hydrogen) atoms. The third-order valence-electron chi connectivity index (χ3n) is 5.66. The molecule has 7 heteroatoms. The van der Waals surface area contributed by atoms with Gasteiger partial charge in [-0.3, -0.25) is 14.1 Å². The lowest BCUT2D eigenvalue weighted by Crippen LogP contribution is -2.48. The van der Waals surface area contributed by atoms with Crippen LogP contribution in [0, 0.1) is 0 Å². The zero-order valence-electron chi connectivity index (χ0n) is 17.2. The summed E-state index contributed by atoms with van der Waals surface area (Å²) in [4.78, 5) is 21.3. The number of amides is 1. The van der Waals surface area contributed by atoms with Gasteiger partial charge in [-0.2, -0.15) is 0 Å². The zero-order valence-corrected chi connectivity index (χ0v) is 17.9. The first-order chi connectivity index (χ1) is 14.6. The van der Waals surface area contributed by atoms with E-state index in [4.69, 9.17) is 16.3 Å². The molecule has 0 aliphatic carbocycles. The Balaban J connectivity index is 1.38. The maximum atomic E-state index is 12.7. The van der Waals surface area contributed by atoms with Gasteiger partial charge in [-0.15, -0.1) is 0 Å². The van der Waals surface area contributed by atoms with Gasteiger partial charge >= 0.3 is 0 Å². The van der Waals surface area contributed by atoms with Crippen LogP contribution in [0.25, 0.3) is 11.7 Å². The van der Waals surface area contributed by atoms with Gasteiger partial charge in [0.25, 0.3) is 0 Å². The molecule has 1 aliphatic heterocycles. The third kappa shape index (κ3) is 4.20. The Morgan fingerprint density at radius 3 is 2.73 bits per heavy atom. The highest BCUT2D eigenvalue weighted by Crippen LogP contribution is 2.25. The number of rotatable bonds is 5. The molecule has 1 aromatic carbocycles. The molecule has 0 radical (unpaired) electrons. The van der Waals surface area contributed by atoms with Crippen LogP contribution < -0.4 is 4.74 Å². The van der Waals surface area contributed by atoms with Crippen LogP contribution in [0.1, 0.15) is 24.2 Å². The second-order valence-corrected chi connectivity index (χ2v) is 7.72. The highest BCUT2D eigenvalue weighted by atomic mass is 35.5. The molecule has 4 rings (SSSR count). The van der Waals surface area contributed by atoms with Gasteiger partial charge in [-0.1, -0.05) is 29.8 Å². The third-order valence-corrected chi connectivity index (χ3v) is 5.93. The Labute approximate surface area is 181 Å². The second kappa shape index (κ2) is 8.90. The highest BCUT2D eigenvalue weighted by Gasteiger charge is 2.24. The molecule has 0 spiro atoms. The Morgan fingerprint density at radius 1 is 1.17 bits per heavy atom. The number of nitrogens with zero attached hydrogens (tertiary/aromatic N) is 4. The molecule has 1 amide bonds. The number of methoxy groups -OCH3 is 1. The zero-order chi connectivity index (χ0) is 21.1. The van der Waals surface area contributed by atoms with Gasteiger partial charge < -0.3 is 9.64 Å². The molecular weight excluding hydrogens is 400 g/mol. The van der Waals surface area contributed by atoms with E-state index in [1.54, 1.807) is 19.3 Å². The fourth-order valence-electron chi connectivity index (χ4n) is 3.83. The number of carbonyl (C=O) groups excluding carboxylic acids is 1. The lowest BCUT2D eigenvalue weighted by atomic mass is 10.1. The van der Waals surface area contributed by atoms with E-state index in [1.807, 2.05) is 45.8 Å². The smallest absolute Gasteiger partial charge is 0.246 e. The van der Waals surface area contributed by atoms with Gasteiger partial charge in [0.2, 0.25) is 5.91 Å². The van der Waals surface area contributed by atoms with Gasteiger partial charge in [0.1, 0.15) is 11.4 Å². The molecule has 1 unspecified atom stereocenters. The molecule has 0 N–H and O–H groups in total. The summed E-state index contributed by atoms with van der Waals surface area (Å²) in [7, 11) is 1.68. The van der Waals surface area contributed by atoms with Crippen molar-refractivity contribution in [1.82, 2.24) is 19.2 Å². The molecule has 0 bridgehead atoms. The van der Waals surface area contributed by atoms with Crippen LogP contribution >= 0.6 is 11.6 Å². The van der Waals surface area contributed by atoms with Crippen molar-refractivity contribution in [3.05, 3.63) is 71.1 Å². The minimum absolute atomic E-state index is 0.00867. The molecule has 2 aromatic heterocycles. The van der Waals surface area contributed by atoms with Gasteiger partial charge in [-0.05, 0) is 42.8 Å². The van der Waals surface area contributed by atoms with Crippen molar-refractivity contribution in [2.75, 3.05) is 33.3 Å². The van der Waals surface area contributed by atoms with Crippen molar-refractivity contribution in [3.8, 4) is 5.75 Å². The number of hydrogen-bond donors (Lipinski definition) is 0. The van der Waals surface area contributed by atoms with E-state index in [0.717, 1.165) is 24.5 Å². The Bertz CT molecular complexity index is 1070. The first-order valence-electron chi connectivity index (χ1n) is 10.0. The summed E-state index contributed by atoms with van der Waals surface area (Å²) in [6, 6.07) is 14.1. The summed E-state index contributed by atoms with van der Waals surface area (Å²) in [6.45, 7) is 5.23. The molecule has 1 atom stereocenters. The number of hydrogen-bond acceptors (Lipinski definition) is 4. The molecule has 1 saturated heterocycles. The minimum atomic E-state index is -0.00867. The van der Waals surface area contributed by atoms with Crippen molar-refractivity contribution in [2.45, 2.75) is 13.0 Å². The summed E-state index contributed by atoms with van der Waals surface area (Å²) in [5.74, 6) is 0.856. The van der Waals surface area contributed by atoms with E-state index >= 15 is 0 Å². The monoisotopic (exact) mass is 424 g/mol. The maximum Gasteiger partial charge on any atom is 0.246 e. The number of benzene rings is 1. The number of carbonyl (C=O) groups is 1. The lowest BCUT2D eigenvalue weighted by Gasteiger charge is -2.38. The molecular formula is C23H25ClN4O2. The molecule has 3 aromatic rings. The molecule has 1 aliphatic rings. The molecule has 6 nitrogen and oxygen atoms in total. The lowest BCUT2D eigenvalue weighted by molar-refractivity contribution is -0.127. The van der Waals surface area contributed by atoms with Gasteiger partial charge in [0.15, 0.2) is 5.15 Å². The average molecular weight is 425 g/mol. The van der Waals surface area contributed by atoms with Crippen molar-refractivity contribution in [2.24, 2.45) is 0 Å². The van der Waals surface area contributed by atoms with Gasteiger partial charge in [-0.25, -0.2) is 4.98 Å². The fraction of sp³-hybridized carbons (Fsp3) is 0.304. The first kappa shape index (κ1) is 20.4. The van der Waals surface area contributed by atoms with E-state index in [9.17, 15) is 4.79 Å². The number of piperazine rings is 1. The van der Waals surface area contributed by atoms with Gasteiger partial charge in [0.05, 0.1) is 12.8 Å². The molecule has 1 fully saturated rings. The standard InChI is InChI=1S/C23H25ClN4O2/c1-17(18-6-5-7-19(16-18)30-2)26-12-14-27(15-13-26)22(29)10-9-20-23(24)25-21-8-3-4-11-28(20)21/h3-11,16-17H,12-15H2,1-2H3. The molecule has 3 heterocycles. The number of imidazole rings is 1. The Morgan fingerprint density at radius 2 is 1.97 bits per heavy atom. The summed E-state index contributed by atoms with van der Waals surface area (Å²) in [5, 5.41) is 0.391. The second-order valence-electron chi connectivity index (χ2n) is 7.36. The van der Waals surface area contributed by atoms with Crippen LogP contribution in [0.15, 0.2) is 54.7 Å². The number of aromatic nitrogens is 2. The SMILES string of the molecule is COc1cccc(C(C)N2CCN(C(=O)C=Cc3c(Cl)nc4ccccn34)CC2)c1. The largest absolute Gasteiger partial charge is 0.497 e. The predicted molar refractivity (Wildman–Crippen MR) is 119 cm³/mol. The number of ether oxygens (including phenoxy) is 1. The van der Waals surface area contributed by atoms with Crippen LogP contribution in [0.3, 0.4) is 0 Å². The van der Waals surface area contributed by atoms with E-state index in [1.165, 1.54) is 5.56 Å². The molecule has 0 saturated carbocycles. The van der Waals surface area contributed by atoms with Gasteiger partial charge in [0, 0.05) is 44.5 Å². The van der Waals surface area contributed by atoms with Crippen LogP contribution in [0.5, 0.6) is 5.75 Å². The Kier molecular flexibility index (Phi) is 6.06.